The summed E-state index contributed by atoms with van der Waals surface area (Å²) in [5.41, 5.74) is 15.3. The second-order valence-electron chi connectivity index (χ2n) is 14.5. The highest BCUT2D eigenvalue weighted by atomic mass is 15.2. The van der Waals surface area contributed by atoms with Gasteiger partial charge in [-0.2, -0.15) is 0 Å². The summed E-state index contributed by atoms with van der Waals surface area (Å²) < 4.78 is 7.16. The molecule has 7 aromatic carbocycles. The molecule has 1 aliphatic rings. The third-order valence-corrected chi connectivity index (χ3v) is 11.2. The number of fused-ring (bicyclic) bond motifs is 9. The molecule has 0 saturated carbocycles. The van der Waals surface area contributed by atoms with Gasteiger partial charge in [0, 0.05) is 44.2 Å². The maximum absolute atomic E-state index is 5.48. The van der Waals surface area contributed by atoms with Crippen molar-refractivity contribution in [3.05, 3.63) is 181 Å². The molecule has 52 heavy (non-hydrogen) atoms. The molecule has 0 N–H and O–H groups in total. The predicted octanol–water partition coefficient (Wildman–Crippen LogP) is 12.0. The van der Waals surface area contributed by atoms with Crippen LogP contribution in [0.15, 0.2) is 170 Å². The highest BCUT2D eigenvalue weighted by molar-refractivity contribution is 6.18. The Kier molecular flexibility index (Phi) is 5.98. The average Bonchev–Trinajstić information content (AvgIpc) is 3.90. The van der Waals surface area contributed by atoms with E-state index in [0.29, 0.717) is 0 Å². The number of para-hydroxylation sites is 3. The van der Waals surface area contributed by atoms with Crippen molar-refractivity contribution >= 4 is 43.9 Å². The maximum atomic E-state index is 5.48. The van der Waals surface area contributed by atoms with Crippen molar-refractivity contribution in [3.63, 3.8) is 0 Å². The number of benzene rings is 7. The lowest BCUT2D eigenvalue weighted by Gasteiger charge is -2.22. The van der Waals surface area contributed by atoms with Crippen LogP contribution in [0.1, 0.15) is 25.0 Å². The van der Waals surface area contributed by atoms with E-state index in [0.717, 1.165) is 44.8 Å². The summed E-state index contributed by atoms with van der Waals surface area (Å²) in [6.45, 7) is 4.71. The van der Waals surface area contributed by atoms with Gasteiger partial charge in [0.15, 0.2) is 5.65 Å². The lowest BCUT2D eigenvalue weighted by molar-refractivity contribution is 0.660. The zero-order chi connectivity index (χ0) is 34.6. The van der Waals surface area contributed by atoms with Gasteiger partial charge in [0.05, 0.1) is 16.6 Å². The van der Waals surface area contributed by atoms with Gasteiger partial charge >= 0.3 is 0 Å². The van der Waals surface area contributed by atoms with Gasteiger partial charge < -0.3 is 4.57 Å². The van der Waals surface area contributed by atoms with E-state index < -0.39 is 0 Å². The molecule has 3 aromatic heterocycles. The minimum absolute atomic E-state index is 0.0942. The summed E-state index contributed by atoms with van der Waals surface area (Å²) in [5.74, 6) is 0.921. The van der Waals surface area contributed by atoms with Gasteiger partial charge in [-0.1, -0.05) is 129 Å². The molecule has 10 aromatic rings. The van der Waals surface area contributed by atoms with Gasteiger partial charge in [-0.25, -0.2) is 4.98 Å². The second-order valence-corrected chi connectivity index (χ2v) is 14.5. The number of hydrogen-bond acceptors (Lipinski definition) is 1. The van der Waals surface area contributed by atoms with E-state index in [4.69, 9.17) is 4.98 Å². The van der Waals surface area contributed by atoms with Crippen LogP contribution < -0.4 is 0 Å². The van der Waals surface area contributed by atoms with E-state index in [1.54, 1.807) is 0 Å². The summed E-state index contributed by atoms with van der Waals surface area (Å²) in [4.78, 5) is 5.48. The van der Waals surface area contributed by atoms with E-state index in [9.17, 15) is 0 Å². The molecule has 0 spiro atoms. The van der Waals surface area contributed by atoms with Crippen LogP contribution >= 0.6 is 0 Å². The Morgan fingerprint density at radius 2 is 1.02 bits per heavy atom. The van der Waals surface area contributed by atoms with E-state index in [2.05, 4.69) is 197 Å². The molecule has 3 heterocycles. The van der Waals surface area contributed by atoms with Crippen molar-refractivity contribution in [2.24, 2.45) is 0 Å². The van der Waals surface area contributed by atoms with Crippen molar-refractivity contribution in [2.75, 3.05) is 0 Å². The van der Waals surface area contributed by atoms with Crippen LogP contribution in [0.2, 0.25) is 0 Å². The van der Waals surface area contributed by atoms with Gasteiger partial charge in [-0.05, 0) is 76.9 Å². The maximum Gasteiger partial charge on any atom is 0.165 e. The van der Waals surface area contributed by atoms with Crippen molar-refractivity contribution in [2.45, 2.75) is 19.3 Å². The van der Waals surface area contributed by atoms with Crippen LogP contribution in [-0.2, 0) is 5.41 Å². The first-order chi connectivity index (χ1) is 25.6. The summed E-state index contributed by atoms with van der Waals surface area (Å²) in [6.07, 6.45) is 0. The number of nitrogens with zero attached hydrogens (tertiary/aromatic N) is 4. The Morgan fingerprint density at radius 1 is 0.423 bits per heavy atom. The summed E-state index contributed by atoms with van der Waals surface area (Å²) in [7, 11) is 0. The summed E-state index contributed by atoms with van der Waals surface area (Å²) in [5, 5.41) is 3.61. The molecule has 4 heteroatoms. The van der Waals surface area contributed by atoms with E-state index in [1.165, 1.54) is 49.7 Å². The Morgan fingerprint density at radius 3 is 1.79 bits per heavy atom. The standard InChI is InChI=1S/C48H34N4/c1-48(2)40-24-14-12-22-35(40)36-27-26-34(28-41(36)48)50-42-25-15-13-23-37(42)38-29-44-39(30-43(38)50)45-47(51(44)32-18-8-4-9-19-32)49-46(31-16-6-3-7-17-31)52(45)33-20-10-5-11-21-33/h3-30H,1-2H3. The monoisotopic (exact) mass is 666 g/mol. The highest BCUT2D eigenvalue weighted by Crippen LogP contribution is 2.50. The number of rotatable bonds is 4. The molecule has 246 valence electrons. The highest BCUT2D eigenvalue weighted by Gasteiger charge is 2.35. The van der Waals surface area contributed by atoms with Gasteiger partial charge in [0.25, 0.3) is 0 Å². The first kappa shape index (κ1) is 29.1. The minimum Gasteiger partial charge on any atom is -0.309 e. The lowest BCUT2D eigenvalue weighted by atomic mass is 9.82. The minimum atomic E-state index is -0.0942. The van der Waals surface area contributed by atoms with E-state index in [-0.39, 0.29) is 5.41 Å². The van der Waals surface area contributed by atoms with Gasteiger partial charge in [0.2, 0.25) is 0 Å². The Balaban J connectivity index is 1.28. The molecule has 11 rings (SSSR count). The van der Waals surface area contributed by atoms with Crippen molar-refractivity contribution in [1.82, 2.24) is 18.7 Å². The first-order valence-electron chi connectivity index (χ1n) is 18.0. The molecule has 0 atom stereocenters. The molecule has 0 radical (unpaired) electrons. The van der Waals surface area contributed by atoms with Crippen LogP contribution in [0.3, 0.4) is 0 Å². The van der Waals surface area contributed by atoms with Gasteiger partial charge in [-0.3, -0.25) is 9.13 Å². The first-order valence-corrected chi connectivity index (χ1v) is 18.0. The molecule has 0 aliphatic heterocycles. The largest absolute Gasteiger partial charge is 0.309 e. The molecule has 4 nitrogen and oxygen atoms in total. The van der Waals surface area contributed by atoms with Crippen molar-refractivity contribution < 1.29 is 0 Å². The normalized spacial score (nSPS) is 13.3. The molecule has 1 aliphatic carbocycles. The fraction of sp³-hybridized carbons (Fsp3) is 0.0625. The molecular formula is C48H34N4. The average molecular weight is 667 g/mol. The number of aromatic nitrogens is 4. The zero-order valence-electron chi connectivity index (χ0n) is 29.0. The fourth-order valence-corrected chi connectivity index (χ4v) is 8.86. The molecule has 0 amide bonds. The summed E-state index contributed by atoms with van der Waals surface area (Å²) in [6, 6.07) is 61.4. The Hall–Kier alpha value is -6.65. The zero-order valence-corrected chi connectivity index (χ0v) is 29.0. The topological polar surface area (TPSA) is 27.7 Å². The van der Waals surface area contributed by atoms with Crippen LogP contribution in [0, 0.1) is 0 Å². The molecule has 0 fully saturated rings. The summed E-state index contributed by atoms with van der Waals surface area (Å²) >= 11 is 0. The fourth-order valence-electron chi connectivity index (χ4n) is 8.86. The predicted molar refractivity (Wildman–Crippen MR) is 215 cm³/mol. The smallest absolute Gasteiger partial charge is 0.165 e. The van der Waals surface area contributed by atoms with Crippen molar-refractivity contribution in [1.29, 1.82) is 0 Å². The van der Waals surface area contributed by atoms with Crippen molar-refractivity contribution in [3.8, 4) is 39.6 Å². The third kappa shape index (κ3) is 3.95. The molecule has 0 unspecified atom stereocenters. The quantitative estimate of drug-likeness (QED) is 0.184. The Bertz CT molecular complexity index is 3020. The lowest BCUT2D eigenvalue weighted by Crippen LogP contribution is -2.15. The SMILES string of the molecule is CC1(C)c2ccccc2-c2ccc(-n3c4ccccc4c4cc5c(cc43)c3c(nc(-c4ccccc4)n3-c3ccccc3)n5-c3ccccc3)cc21. The second kappa shape index (κ2) is 10.7. The van der Waals surface area contributed by atoms with Gasteiger partial charge in [-0.15, -0.1) is 0 Å². The molecule has 0 bridgehead atoms. The number of hydrogen-bond donors (Lipinski definition) is 0. The number of imidazole rings is 1. The van der Waals surface area contributed by atoms with Crippen LogP contribution in [-0.4, -0.2) is 18.7 Å². The van der Waals surface area contributed by atoms with Crippen LogP contribution in [0.4, 0.5) is 0 Å². The Labute approximate surface area is 301 Å². The van der Waals surface area contributed by atoms with E-state index >= 15 is 0 Å². The van der Waals surface area contributed by atoms with Crippen LogP contribution in [0.25, 0.3) is 83.4 Å². The molecular weight excluding hydrogens is 633 g/mol. The molecule has 0 saturated heterocycles. The van der Waals surface area contributed by atoms with Crippen LogP contribution in [0.5, 0.6) is 0 Å². The van der Waals surface area contributed by atoms with Gasteiger partial charge in [0.1, 0.15) is 11.3 Å². The third-order valence-electron chi connectivity index (χ3n) is 11.2. The van der Waals surface area contributed by atoms with E-state index in [1.807, 2.05) is 0 Å².